The second-order valence-electron chi connectivity index (χ2n) is 7.87. The zero-order valence-electron chi connectivity index (χ0n) is 15.7. The van der Waals surface area contributed by atoms with E-state index < -0.39 is 0 Å². The first kappa shape index (κ1) is 17.8. The maximum absolute atomic E-state index is 12.6. The van der Waals surface area contributed by atoms with Crippen molar-refractivity contribution in [1.29, 1.82) is 0 Å². The van der Waals surface area contributed by atoms with E-state index >= 15 is 0 Å². The molecule has 2 aliphatic heterocycles. The van der Waals surface area contributed by atoms with Gasteiger partial charge in [0.2, 0.25) is 5.91 Å². The molecule has 2 aromatic rings. The molecule has 0 bridgehead atoms. The van der Waals surface area contributed by atoms with Crippen molar-refractivity contribution in [1.82, 2.24) is 30.0 Å². The molecule has 0 unspecified atom stereocenters. The van der Waals surface area contributed by atoms with Crippen molar-refractivity contribution in [2.45, 2.75) is 39.0 Å². The third-order valence-corrected chi connectivity index (χ3v) is 5.99. The summed E-state index contributed by atoms with van der Waals surface area (Å²) in [5.41, 5.74) is 2.58. The number of hydrogen-bond acceptors (Lipinski definition) is 4. The number of aryl methyl sites for hydroxylation is 1. The highest BCUT2D eigenvalue weighted by molar-refractivity contribution is 5.92. The number of carbonyl (C=O) groups excluding carboxylic acids is 2. The molecule has 0 aliphatic carbocycles. The van der Waals surface area contributed by atoms with Crippen LogP contribution in [0.2, 0.25) is 0 Å². The van der Waals surface area contributed by atoms with Crippen molar-refractivity contribution in [2.24, 2.45) is 5.41 Å². The first-order chi connectivity index (χ1) is 13.0. The van der Waals surface area contributed by atoms with E-state index in [1.165, 1.54) is 0 Å². The van der Waals surface area contributed by atoms with Crippen LogP contribution in [0.5, 0.6) is 0 Å². The van der Waals surface area contributed by atoms with Gasteiger partial charge in [-0.05, 0) is 37.7 Å². The molecule has 2 aromatic heterocycles. The Kier molecular flexibility index (Phi) is 4.72. The molecule has 0 saturated carbocycles. The number of amides is 2. The van der Waals surface area contributed by atoms with Gasteiger partial charge in [0.05, 0.1) is 6.33 Å². The van der Waals surface area contributed by atoms with Crippen molar-refractivity contribution in [2.75, 3.05) is 26.2 Å². The summed E-state index contributed by atoms with van der Waals surface area (Å²) in [7, 11) is 0. The lowest BCUT2D eigenvalue weighted by Gasteiger charge is -2.47. The fourth-order valence-corrected chi connectivity index (χ4v) is 4.26. The van der Waals surface area contributed by atoms with Crippen molar-refractivity contribution >= 4 is 11.8 Å². The third kappa shape index (κ3) is 3.74. The predicted octanol–water partition coefficient (Wildman–Crippen LogP) is 1.53. The van der Waals surface area contributed by atoms with Gasteiger partial charge in [-0.3, -0.25) is 14.7 Å². The van der Waals surface area contributed by atoms with Gasteiger partial charge in [0.15, 0.2) is 0 Å². The number of imidazole rings is 1. The molecule has 2 amide bonds. The molecule has 0 radical (unpaired) electrons. The van der Waals surface area contributed by atoms with Gasteiger partial charge in [-0.25, -0.2) is 4.98 Å². The number of aromatic amines is 2. The Morgan fingerprint density at radius 2 is 2.11 bits per heavy atom. The van der Waals surface area contributed by atoms with Crippen LogP contribution < -0.4 is 0 Å². The average molecular weight is 370 g/mol. The lowest BCUT2D eigenvalue weighted by atomic mass is 9.72. The van der Waals surface area contributed by atoms with Crippen molar-refractivity contribution in [3.63, 3.8) is 0 Å². The van der Waals surface area contributed by atoms with Crippen molar-refractivity contribution in [3.8, 4) is 0 Å². The lowest BCUT2D eigenvalue weighted by Crippen LogP contribution is -2.52. The first-order valence-corrected chi connectivity index (χ1v) is 9.61. The zero-order valence-corrected chi connectivity index (χ0v) is 15.7. The molecule has 2 aliphatic rings. The number of rotatable bonds is 4. The standard InChI is InChI=1S/C19H26N6O2/c1-14-10-16(23-22-14)18(27)24-8-5-19(6-9-24)4-2-17(26)25(12-19)7-3-15-11-20-13-21-15/h10-11,13H,2-9,12H2,1H3,(H,20,21)(H,22,23). The van der Waals surface area contributed by atoms with Gasteiger partial charge in [-0.15, -0.1) is 0 Å². The summed E-state index contributed by atoms with van der Waals surface area (Å²) >= 11 is 0. The zero-order chi connectivity index (χ0) is 18.9. The van der Waals surface area contributed by atoms with E-state index in [-0.39, 0.29) is 17.2 Å². The number of carbonyl (C=O) groups is 2. The van der Waals surface area contributed by atoms with Crippen LogP contribution in [0.3, 0.4) is 0 Å². The van der Waals surface area contributed by atoms with E-state index in [0.717, 1.165) is 63.3 Å². The molecule has 1 spiro atoms. The van der Waals surface area contributed by atoms with Crippen LogP contribution >= 0.6 is 0 Å². The van der Waals surface area contributed by atoms with Crippen LogP contribution in [0.1, 0.15) is 47.6 Å². The summed E-state index contributed by atoms with van der Waals surface area (Å²) in [6.45, 7) is 4.87. The molecule has 0 atom stereocenters. The summed E-state index contributed by atoms with van der Waals surface area (Å²) < 4.78 is 0. The SMILES string of the molecule is Cc1cc(C(=O)N2CCC3(CCC(=O)N(CCc4cnc[nH]4)C3)CC2)n[nH]1. The van der Waals surface area contributed by atoms with Crippen LogP contribution in [0.15, 0.2) is 18.6 Å². The predicted molar refractivity (Wildman–Crippen MR) is 99.0 cm³/mol. The van der Waals surface area contributed by atoms with Gasteiger partial charge in [-0.1, -0.05) is 0 Å². The first-order valence-electron chi connectivity index (χ1n) is 9.61. The summed E-state index contributed by atoms with van der Waals surface area (Å²) in [6.07, 6.45) is 7.69. The molecule has 27 heavy (non-hydrogen) atoms. The normalized spacial score (nSPS) is 19.7. The second kappa shape index (κ2) is 7.17. The molecule has 8 heteroatoms. The van der Waals surface area contributed by atoms with E-state index in [4.69, 9.17) is 0 Å². The number of piperidine rings is 2. The van der Waals surface area contributed by atoms with E-state index in [9.17, 15) is 9.59 Å². The Labute approximate surface area is 158 Å². The number of nitrogens with zero attached hydrogens (tertiary/aromatic N) is 4. The highest BCUT2D eigenvalue weighted by Gasteiger charge is 2.41. The molecule has 2 saturated heterocycles. The lowest BCUT2D eigenvalue weighted by molar-refractivity contribution is -0.138. The second-order valence-corrected chi connectivity index (χ2v) is 7.87. The van der Waals surface area contributed by atoms with Crippen LogP contribution in [0, 0.1) is 12.3 Å². The molecule has 144 valence electrons. The Morgan fingerprint density at radius 1 is 1.30 bits per heavy atom. The smallest absolute Gasteiger partial charge is 0.274 e. The summed E-state index contributed by atoms with van der Waals surface area (Å²) in [5, 5.41) is 6.92. The number of likely N-dealkylation sites (tertiary alicyclic amines) is 2. The van der Waals surface area contributed by atoms with E-state index in [1.807, 2.05) is 22.9 Å². The quantitative estimate of drug-likeness (QED) is 0.853. The highest BCUT2D eigenvalue weighted by atomic mass is 16.2. The Morgan fingerprint density at radius 3 is 2.78 bits per heavy atom. The Bertz CT molecular complexity index is 804. The van der Waals surface area contributed by atoms with Crippen molar-refractivity contribution in [3.05, 3.63) is 35.7 Å². The fraction of sp³-hybridized carbons (Fsp3) is 0.579. The maximum Gasteiger partial charge on any atom is 0.274 e. The monoisotopic (exact) mass is 370 g/mol. The number of aromatic nitrogens is 4. The van der Waals surface area contributed by atoms with E-state index in [1.54, 1.807) is 12.4 Å². The summed E-state index contributed by atoms with van der Waals surface area (Å²) in [5.74, 6) is 0.239. The van der Waals surface area contributed by atoms with Crippen LogP contribution in [0.4, 0.5) is 0 Å². The minimum absolute atomic E-state index is 0.00260. The van der Waals surface area contributed by atoms with Gasteiger partial charge in [0.1, 0.15) is 5.69 Å². The topological polar surface area (TPSA) is 98.0 Å². The third-order valence-electron chi connectivity index (χ3n) is 5.99. The minimum atomic E-state index is -0.00260. The van der Waals surface area contributed by atoms with Gasteiger partial charge in [-0.2, -0.15) is 5.10 Å². The van der Waals surface area contributed by atoms with Crippen LogP contribution in [0.25, 0.3) is 0 Å². The van der Waals surface area contributed by atoms with Crippen LogP contribution in [-0.2, 0) is 11.2 Å². The molecular weight excluding hydrogens is 344 g/mol. The number of hydrogen-bond donors (Lipinski definition) is 2. The largest absolute Gasteiger partial charge is 0.348 e. The van der Waals surface area contributed by atoms with E-state index in [0.29, 0.717) is 12.1 Å². The van der Waals surface area contributed by atoms with Gasteiger partial charge in [0, 0.05) is 56.6 Å². The Hall–Kier alpha value is -2.64. The molecular formula is C19H26N6O2. The molecule has 8 nitrogen and oxygen atoms in total. The molecule has 4 heterocycles. The summed E-state index contributed by atoms with van der Waals surface area (Å²) in [4.78, 5) is 36.0. The van der Waals surface area contributed by atoms with Gasteiger partial charge in [0.25, 0.3) is 5.91 Å². The maximum atomic E-state index is 12.6. The average Bonchev–Trinajstić information content (AvgIpc) is 3.34. The van der Waals surface area contributed by atoms with E-state index in [2.05, 4.69) is 20.2 Å². The number of H-pyrrole nitrogens is 2. The highest BCUT2D eigenvalue weighted by Crippen LogP contribution is 2.40. The minimum Gasteiger partial charge on any atom is -0.348 e. The summed E-state index contributed by atoms with van der Waals surface area (Å²) in [6, 6.07) is 1.79. The number of nitrogens with one attached hydrogen (secondary N) is 2. The molecule has 2 fully saturated rings. The van der Waals surface area contributed by atoms with Crippen molar-refractivity contribution < 1.29 is 9.59 Å². The van der Waals surface area contributed by atoms with Crippen LogP contribution in [-0.4, -0.2) is 68.0 Å². The molecule has 2 N–H and O–H groups in total. The Balaban J connectivity index is 1.35. The fourth-order valence-electron chi connectivity index (χ4n) is 4.26. The molecule has 0 aromatic carbocycles. The van der Waals surface area contributed by atoms with Gasteiger partial charge < -0.3 is 14.8 Å². The molecule has 4 rings (SSSR count). The van der Waals surface area contributed by atoms with Gasteiger partial charge >= 0.3 is 0 Å².